The highest BCUT2D eigenvalue weighted by Crippen LogP contribution is 2.31. The summed E-state index contributed by atoms with van der Waals surface area (Å²) >= 11 is 6.15. The molecule has 126 valence electrons. The Hall–Kier alpha value is -1.95. The number of carbonyl (C=O) groups excluding carboxylic acids is 1. The number of nitrogens with zero attached hydrogens (tertiary/aromatic N) is 2. The predicted molar refractivity (Wildman–Crippen MR) is 88.6 cm³/mol. The molecule has 0 radical (unpaired) electrons. The first-order valence-electron chi connectivity index (χ1n) is 7.44. The van der Waals surface area contributed by atoms with Gasteiger partial charge in [-0.15, -0.1) is 0 Å². The number of hydrogen-bond acceptors (Lipinski definition) is 4. The highest BCUT2D eigenvalue weighted by Gasteiger charge is 2.27. The molecule has 0 spiro atoms. The van der Waals surface area contributed by atoms with E-state index >= 15 is 0 Å². The van der Waals surface area contributed by atoms with Crippen LogP contribution in [0.25, 0.3) is 0 Å². The lowest BCUT2D eigenvalue weighted by Crippen LogP contribution is -2.45. The van der Waals surface area contributed by atoms with Gasteiger partial charge in [0.25, 0.3) is 0 Å². The van der Waals surface area contributed by atoms with Crippen LogP contribution in [0.3, 0.4) is 0 Å². The smallest absolute Gasteiger partial charge is 0.407 e. The molecule has 1 aromatic rings. The average molecular weight is 341 g/mol. The van der Waals surface area contributed by atoms with E-state index in [-0.39, 0.29) is 6.04 Å². The topological polar surface area (TPSA) is 70.1 Å². The van der Waals surface area contributed by atoms with Crippen molar-refractivity contribution in [2.75, 3.05) is 32.1 Å². The molecule has 0 atom stereocenters. The van der Waals surface area contributed by atoms with Gasteiger partial charge >= 0.3 is 12.1 Å². The monoisotopic (exact) mass is 340 g/mol. The van der Waals surface area contributed by atoms with Crippen LogP contribution in [0.5, 0.6) is 0 Å². The fourth-order valence-corrected chi connectivity index (χ4v) is 3.21. The molecule has 0 unspecified atom stereocenters. The SMILES string of the molecule is COC(=O)c1cc(Cl)cc(N(C)C2CCN(C(=O)O)CC2)c1C. The molecule has 1 aliphatic heterocycles. The van der Waals surface area contributed by atoms with Crippen molar-refractivity contribution in [1.29, 1.82) is 0 Å². The van der Waals surface area contributed by atoms with Crippen molar-refractivity contribution < 1.29 is 19.4 Å². The number of carboxylic acid groups (broad SMARTS) is 1. The number of benzene rings is 1. The van der Waals surface area contributed by atoms with Gasteiger partial charge in [-0.2, -0.15) is 0 Å². The standard InChI is InChI=1S/C16H21ClN2O4/c1-10-13(15(20)23-3)8-11(17)9-14(10)18(2)12-4-6-19(7-5-12)16(21)22/h8-9,12H,4-7H2,1-3H3,(H,21,22). The molecule has 1 amide bonds. The number of likely N-dealkylation sites (tertiary alicyclic amines) is 1. The Labute approximate surface area is 140 Å². The molecule has 1 aromatic carbocycles. The van der Waals surface area contributed by atoms with Crippen LogP contribution >= 0.6 is 11.6 Å². The number of methoxy groups -OCH3 is 1. The van der Waals surface area contributed by atoms with Crippen LogP contribution in [0.15, 0.2) is 12.1 Å². The van der Waals surface area contributed by atoms with Crippen LogP contribution in [-0.2, 0) is 4.74 Å². The molecule has 1 saturated heterocycles. The Bertz CT molecular complexity index is 612. The maximum Gasteiger partial charge on any atom is 0.407 e. The Balaban J connectivity index is 2.23. The predicted octanol–water partition coefficient (Wildman–Crippen LogP) is 3.01. The Kier molecular flexibility index (Phi) is 5.36. The summed E-state index contributed by atoms with van der Waals surface area (Å²) in [6.45, 7) is 2.88. The Morgan fingerprint density at radius 1 is 1.35 bits per heavy atom. The van der Waals surface area contributed by atoms with Gasteiger partial charge in [-0.25, -0.2) is 9.59 Å². The molecular weight excluding hydrogens is 320 g/mol. The van der Waals surface area contributed by atoms with Crippen molar-refractivity contribution >= 4 is 29.4 Å². The van der Waals surface area contributed by atoms with E-state index in [9.17, 15) is 9.59 Å². The minimum absolute atomic E-state index is 0.202. The number of ether oxygens (including phenoxy) is 1. The first-order chi connectivity index (χ1) is 10.8. The molecule has 7 heteroatoms. The second kappa shape index (κ2) is 7.08. The van der Waals surface area contributed by atoms with E-state index in [1.165, 1.54) is 12.0 Å². The van der Waals surface area contributed by atoms with Gasteiger partial charge in [-0.05, 0) is 37.5 Å². The number of esters is 1. The molecular formula is C16H21ClN2O4. The third kappa shape index (κ3) is 3.69. The Morgan fingerprint density at radius 3 is 2.48 bits per heavy atom. The zero-order chi connectivity index (χ0) is 17.1. The number of rotatable bonds is 3. The summed E-state index contributed by atoms with van der Waals surface area (Å²) in [4.78, 5) is 26.4. The van der Waals surface area contributed by atoms with Gasteiger partial charge in [0.1, 0.15) is 0 Å². The highest BCUT2D eigenvalue weighted by molar-refractivity contribution is 6.31. The van der Waals surface area contributed by atoms with Gasteiger partial charge in [-0.3, -0.25) is 0 Å². The van der Waals surface area contributed by atoms with E-state index in [4.69, 9.17) is 21.4 Å². The zero-order valence-corrected chi connectivity index (χ0v) is 14.3. The lowest BCUT2D eigenvalue weighted by Gasteiger charge is -2.37. The molecule has 2 rings (SSSR count). The fraction of sp³-hybridized carbons (Fsp3) is 0.500. The van der Waals surface area contributed by atoms with Crippen molar-refractivity contribution in [2.24, 2.45) is 0 Å². The summed E-state index contributed by atoms with van der Waals surface area (Å²) in [7, 11) is 3.29. The van der Waals surface area contributed by atoms with Crippen LogP contribution in [0.4, 0.5) is 10.5 Å². The van der Waals surface area contributed by atoms with Crippen molar-refractivity contribution in [1.82, 2.24) is 4.90 Å². The molecule has 1 aliphatic rings. The van der Waals surface area contributed by atoms with E-state index in [1.807, 2.05) is 20.0 Å². The van der Waals surface area contributed by atoms with Gasteiger partial charge in [0.2, 0.25) is 0 Å². The average Bonchev–Trinajstić information content (AvgIpc) is 2.55. The summed E-state index contributed by atoms with van der Waals surface area (Å²) in [6, 6.07) is 3.63. The first-order valence-corrected chi connectivity index (χ1v) is 7.82. The summed E-state index contributed by atoms with van der Waals surface area (Å²) in [5.74, 6) is -0.416. The summed E-state index contributed by atoms with van der Waals surface area (Å²) < 4.78 is 4.80. The van der Waals surface area contributed by atoms with Gasteiger partial charge in [-0.1, -0.05) is 11.6 Å². The molecule has 6 nitrogen and oxygen atoms in total. The second-order valence-electron chi connectivity index (χ2n) is 5.70. The number of anilines is 1. The third-order valence-corrected chi connectivity index (χ3v) is 4.63. The maximum atomic E-state index is 11.9. The lowest BCUT2D eigenvalue weighted by atomic mass is 10.0. The van der Waals surface area contributed by atoms with E-state index in [2.05, 4.69) is 4.90 Å². The number of carbonyl (C=O) groups is 2. The minimum Gasteiger partial charge on any atom is -0.465 e. The zero-order valence-electron chi connectivity index (χ0n) is 13.5. The molecule has 1 heterocycles. The molecule has 1 N–H and O–H groups in total. The van der Waals surface area contributed by atoms with Crippen molar-refractivity contribution in [2.45, 2.75) is 25.8 Å². The fourth-order valence-electron chi connectivity index (χ4n) is 2.99. The first kappa shape index (κ1) is 17.4. The molecule has 23 heavy (non-hydrogen) atoms. The third-order valence-electron chi connectivity index (χ3n) is 4.41. The van der Waals surface area contributed by atoms with Crippen LogP contribution in [0.2, 0.25) is 5.02 Å². The lowest BCUT2D eigenvalue weighted by molar-refractivity contribution is 0.0599. The van der Waals surface area contributed by atoms with E-state index < -0.39 is 12.1 Å². The number of amides is 1. The molecule has 1 fully saturated rings. The van der Waals surface area contributed by atoms with Crippen molar-refractivity contribution in [3.05, 3.63) is 28.3 Å². The number of hydrogen-bond donors (Lipinski definition) is 1. The molecule has 0 aliphatic carbocycles. The van der Waals surface area contributed by atoms with Crippen molar-refractivity contribution in [3.63, 3.8) is 0 Å². The second-order valence-corrected chi connectivity index (χ2v) is 6.14. The maximum absolute atomic E-state index is 11.9. The van der Waals surface area contributed by atoms with Crippen LogP contribution in [0.1, 0.15) is 28.8 Å². The molecule has 0 aromatic heterocycles. The highest BCUT2D eigenvalue weighted by atomic mass is 35.5. The summed E-state index contributed by atoms with van der Waals surface area (Å²) in [6.07, 6.45) is 0.600. The van der Waals surface area contributed by atoms with E-state index in [0.717, 1.165) is 24.1 Å². The van der Waals surface area contributed by atoms with Gasteiger partial charge in [0.05, 0.1) is 12.7 Å². The summed E-state index contributed by atoms with van der Waals surface area (Å²) in [5, 5.41) is 9.50. The number of piperidine rings is 1. The van der Waals surface area contributed by atoms with Gasteiger partial charge < -0.3 is 19.6 Å². The summed E-state index contributed by atoms with van der Waals surface area (Å²) in [5.41, 5.74) is 2.13. The van der Waals surface area contributed by atoms with Crippen LogP contribution in [0, 0.1) is 6.92 Å². The van der Waals surface area contributed by atoms with Gasteiger partial charge in [0.15, 0.2) is 0 Å². The minimum atomic E-state index is -0.877. The van der Waals surface area contributed by atoms with Crippen LogP contribution in [-0.4, -0.2) is 55.4 Å². The quantitative estimate of drug-likeness (QED) is 0.856. The Morgan fingerprint density at radius 2 is 1.96 bits per heavy atom. The van der Waals surface area contributed by atoms with E-state index in [1.54, 1.807) is 6.07 Å². The molecule has 0 bridgehead atoms. The normalized spacial score (nSPS) is 15.4. The largest absolute Gasteiger partial charge is 0.465 e. The van der Waals surface area contributed by atoms with Crippen molar-refractivity contribution in [3.8, 4) is 0 Å². The number of halogens is 1. The van der Waals surface area contributed by atoms with Crippen LogP contribution < -0.4 is 4.90 Å². The van der Waals surface area contributed by atoms with E-state index in [0.29, 0.717) is 23.7 Å². The molecule has 0 saturated carbocycles. The van der Waals surface area contributed by atoms with Gasteiger partial charge in [0, 0.05) is 36.9 Å².